The topological polar surface area (TPSA) is 108 Å². The molecule has 2 aromatic carbocycles. The fraction of sp³-hybridized carbons (Fsp3) is 0.481. The summed E-state index contributed by atoms with van der Waals surface area (Å²) in [6.45, 7) is 8.33. The number of carbonyl (C=O) groups is 2. The van der Waals surface area contributed by atoms with Gasteiger partial charge in [0, 0.05) is 50.7 Å². The number of benzene rings is 2. The van der Waals surface area contributed by atoms with Crippen LogP contribution in [0.4, 0.5) is 0 Å². The molecule has 1 unspecified atom stereocenters. The number of morpholine rings is 1. The Bertz CT molecular complexity index is 1150. The SMILES string of the molecule is CCNS(=O)(=O)c1ccc(CCC(=O)N(Cc2ccc(Cl)cc2)C(C)C(=O)NCCN2CCOCC2)cc1. The van der Waals surface area contributed by atoms with Gasteiger partial charge in [0.05, 0.1) is 18.1 Å². The molecule has 0 aliphatic carbocycles. The molecule has 1 fully saturated rings. The molecule has 38 heavy (non-hydrogen) atoms. The zero-order valence-corrected chi connectivity index (χ0v) is 23.6. The van der Waals surface area contributed by atoms with E-state index in [2.05, 4.69) is 14.9 Å². The van der Waals surface area contributed by atoms with E-state index in [1.807, 2.05) is 12.1 Å². The molecule has 1 atom stereocenters. The van der Waals surface area contributed by atoms with Gasteiger partial charge in [-0.05, 0) is 48.7 Å². The van der Waals surface area contributed by atoms with Crippen LogP contribution in [0.3, 0.4) is 0 Å². The van der Waals surface area contributed by atoms with E-state index in [1.165, 1.54) is 12.1 Å². The smallest absolute Gasteiger partial charge is 0.242 e. The average Bonchev–Trinajstić information content (AvgIpc) is 2.91. The van der Waals surface area contributed by atoms with Crippen molar-refractivity contribution in [3.8, 4) is 0 Å². The first kappa shape index (κ1) is 30.0. The van der Waals surface area contributed by atoms with E-state index in [0.29, 0.717) is 37.7 Å². The third-order valence-electron chi connectivity index (χ3n) is 6.46. The van der Waals surface area contributed by atoms with Crippen LogP contribution in [-0.2, 0) is 37.3 Å². The molecule has 3 rings (SSSR count). The molecule has 2 amide bonds. The van der Waals surface area contributed by atoms with Crippen LogP contribution in [0.15, 0.2) is 53.4 Å². The second-order valence-corrected chi connectivity index (χ2v) is 11.4. The number of halogens is 1. The van der Waals surface area contributed by atoms with Gasteiger partial charge in [-0.2, -0.15) is 0 Å². The van der Waals surface area contributed by atoms with E-state index >= 15 is 0 Å². The largest absolute Gasteiger partial charge is 0.379 e. The Kier molecular flexibility index (Phi) is 11.5. The van der Waals surface area contributed by atoms with Crippen molar-refractivity contribution in [1.82, 2.24) is 19.8 Å². The van der Waals surface area contributed by atoms with Gasteiger partial charge in [0.1, 0.15) is 6.04 Å². The maximum atomic E-state index is 13.4. The average molecular weight is 565 g/mol. The summed E-state index contributed by atoms with van der Waals surface area (Å²) in [6, 6.07) is 13.0. The number of hydrogen-bond donors (Lipinski definition) is 2. The molecule has 0 radical (unpaired) electrons. The highest BCUT2D eigenvalue weighted by atomic mass is 35.5. The van der Waals surface area contributed by atoms with Gasteiger partial charge in [-0.25, -0.2) is 13.1 Å². The monoisotopic (exact) mass is 564 g/mol. The highest BCUT2D eigenvalue weighted by molar-refractivity contribution is 7.89. The number of rotatable bonds is 13. The van der Waals surface area contributed by atoms with Crippen molar-refractivity contribution in [1.29, 1.82) is 0 Å². The predicted molar refractivity (Wildman–Crippen MR) is 147 cm³/mol. The Balaban J connectivity index is 1.63. The summed E-state index contributed by atoms with van der Waals surface area (Å²) >= 11 is 6.02. The number of carbonyl (C=O) groups excluding carboxylic acids is 2. The van der Waals surface area contributed by atoms with Crippen LogP contribution in [0.1, 0.15) is 31.4 Å². The van der Waals surface area contributed by atoms with E-state index in [0.717, 1.165) is 30.8 Å². The van der Waals surface area contributed by atoms with E-state index in [9.17, 15) is 18.0 Å². The number of aryl methyl sites for hydroxylation is 1. The van der Waals surface area contributed by atoms with E-state index in [-0.39, 0.29) is 29.7 Å². The minimum absolute atomic E-state index is 0.167. The Morgan fingerprint density at radius 1 is 1.05 bits per heavy atom. The van der Waals surface area contributed by atoms with Gasteiger partial charge in [0.15, 0.2) is 0 Å². The third-order valence-corrected chi connectivity index (χ3v) is 8.27. The Hall–Kier alpha value is -2.50. The van der Waals surface area contributed by atoms with Crippen molar-refractivity contribution in [3.63, 3.8) is 0 Å². The number of sulfonamides is 1. The van der Waals surface area contributed by atoms with Gasteiger partial charge in [-0.3, -0.25) is 14.5 Å². The second kappa shape index (κ2) is 14.6. The molecule has 1 aliphatic rings. The molecule has 0 bridgehead atoms. The normalized spacial score (nSPS) is 15.1. The first-order valence-electron chi connectivity index (χ1n) is 12.9. The maximum Gasteiger partial charge on any atom is 0.242 e. The van der Waals surface area contributed by atoms with Crippen LogP contribution in [0.25, 0.3) is 0 Å². The molecule has 0 saturated carbocycles. The zero-order chi connectivity index (χ0) is 27.5. The second-order valence-electron chi connectivity index (χ2n) is 9.21. The number of hydrogen-bond acceptors (Lipinski definition) is 6. The van der Waals surface area contributed by atoms with Gasteiger partial charge < -0.3 is 15.0 Å². The van der Waals surface area contributed by atoms with Crippen molar-refractivity contribution in [2.24, 2.45) is 0 Å². The van der Waals surface area contributed by atoms with Crippen LogP contribution in [-0.4, -0.2) is 82.0 Å². The number of amides is 2. The summed E-state index contributed by atoms with van der Waals surface area (Å²) < 4.78 is 32.2. The van der Waals surface area contributed by atoms with Crippen molar-refractivity contribution < 1.29 is 22.7 Å². The lowest BCUT2D eigenvalue weighted by molar-refractivity contribution is -0.140. The summed E-state index contributed by atoms with van der Waals surface area (Å²) in [6.07, 6.45) is 0.598. The van der Waals surface area contributed by atoms with Crippen LogP contribution in [0, 0.1) is 0 Å². The zero-order valence-electron chi connectivity index (χ0n) is 22.0. The molecule has 1 aliphatic heterocycles. The van der Waals surface area contributed by atoms with Gasteiger partial charge in [0.2, 0.25) is 21.8 Å². The first-order valence-corrected chi connectivity index (χ1v) is 14.8. The number of ether oxygens (including phenoxy) is 1. The van der Waals surface area contributed by atoms with Crippen LogP contribution < -0.4 is 10.0 Å². The van der Waals surface area contributed by atoms with Gasteiger partial charge in [-0.15, -0.1) is 0 Å². The standard InChI is InChI=1S/C27H37ClN4O5S/c1-3-30-38(35,36)25-11-6-22(7-12-25)8-13-26(33)32(20-23-4-9-24(28)10-5-23)21(2)27(34)29-14-15-31-16-18-37-19-17-31/h4-7,9-12,21,30H,3,8,13-20H2,1-2H3,(H,29,34). The van der Waals surface area contributed by atoms with Gasteiger partial charge >= 0.3 is 0 Å². The summed E-state index contributed by atoms with van der Waals surface area (Å²) in [7, 11) is -3.53. The van der Waals surface area contributed by atoms with Gasteiger partial charge in [0.25, 0.3) is 0 Å². The summed E-state index contributed by atoms with van der Waals surface area (Å²) in [5, 5.41) is 3.56. The minimum atomic E-state index is -3.53. The molecule has 1 saturated heterocycles. The van der Waals surface area contributed by atoms with Crippen molar-refractivity contribution in [3.05, 3.63) is 64.7 Å². The fourth-order valence-corrected chi connectivity index (χ4v) is 5.35. The predicted octanol–water partition coefficient (Wildman–Crippen LogP) is 2.44. The van der Waals surface area contributed by atoms with Crippen molar-refractivity contribution >= 4 is 33.4 Å². The Labute approximate surface area is 230 Å². The third kappa shape index (κ3) is 9.06. The Morgan fingerprint density at radius 2 is 1.68 bits per heavy atom. The summed E-state index contributed by atoms with van der Waals surface area (Å²) in [5.74, 6) is -0.376. The van der Waals surface area contributed by atoms with Crippen LogP contribution in [0.2, 0.25) is 5.02 Å². The molecule has 2 aromatic rings. The highest BCUT2D eigenvalue weighted by Crippen LogP contribution is 2.17. The van der Waals surface area contributed by atoms with E-state index < -0.39 is 16.1 Å². The van der Waals surface area contributed by atoms with Crippen LogP contribution in [0.5, 0.6) is 0 Å². The van der Waals surface area contributed by atoms with E-state index in [4.69, 9.17) is 16.3 Å². The first-order chi connectivity index (χ1) is 18.2. The molecule has 0 spiro atoms. The lowest BCUT2D eigenvalue weighted by atomic mass is 10.1. The molecule has 2 N–H and O–H groups in total. The number of nitrogens with zero attached hydrogens (tertiary/aromatic N) is 2. The molecular formula is C27H37ClN4O5S. The molecule has 1 heterocycles. The molecule has 0 aromatic heterocycles. The molecule has 11 heteroatoms. The van der Waals surface area contributed by atoms with Gasteiger partial charge in [-0.1, -0.05) is 42.8 Å². The quantitative estimate of drug-likeness (QED) is 0.387. The molecule has 9 nitrogen and oxygen atoms in total. The summed E-state index contributed by atoms with van der Waals surface area (Å²) in [5.41, 5.74) is 1.71. The van der Waals surface area contributed by atoms with E-state index in [1.54, 1.807) is 43.0 Å². The lowest BCUT2D eigenvalue weighted by Gasteiger charge is -2.30. The minimum Gasteiger partial charge on any atom is -0.379 e. The lowest BCUT2D eigenvalue weighted by Crippen LogP contribution is -2.49. The highest BCUT2D eigenvalue weighted by Gasteiger charge is 2.26. The summed E-state index contributed by atoms with van der Waals surface area (Å²) in [4.78, 5) is 30.4. The fourth-order valence-electron chi connectivity index (χ4n) is 4.18. The van der Waals surface area contributed by atoms with Crippen molar-refractivity contribution in [2.45, 2.75) is 44.2 Å². The maximum absolute atomic E-state index is 13.4. The molecular weight excluding hydrogens is 528 g/mol. The van der Waals surface area contributed by atoms with Crippen LogP contribution >= 0.6 is 11.6 Å². The molecule has 208 valence electrons. The number of nitrogens with one attached hydrogen (secondary N) is 2. The van der Waals surface area contributed by atoms with Crippen molar-refractivity contribution in [2.75, 3.05) is 45.9 Å². The Morgan fingerprint density at radius 3 is 2.32 bits per heavy atom.